The topological polar surface area (TPSA) is 21.3 Å². The van der Waals surface area contributed by atoms with Gasteiger partial charge in [0.15, 0.2) is 0 Å². The van der Waals surface area contributed by atoms with Crippen LogP contribution in [0.1, 0.15) is 32.6 Å². The van der Waals surface area contributed by atoms with Gasteiger partial charge in [-0.05, 0) is 43.7 Å². The number of hydrogen-bond acceptors (Lipinski definition) is 2. The molecule has 0 radical (unpaired) electrons. The molecule has 1 heterocycles. The van der Waals surface area contributed by atoms with E-state index in [1.54, 1.807) is 0 Å². The van der Waals surface area contributed by atoms with Crippen LogP contribution >= 0.6 is 0 Å². The first-order valence-electron chi connectivity index (χ1n) is 5.54. The Kier molecular flexibility index (Phi) is 2.61. The third-order valence-electron chi connectivity index (χ3n) is 4.15. The molecule has 1 aliphatic heterocycles. The van der Waals surface area contributed by atoms with Crippen molar-refractivity contribution in [2.24, 2.45) is 11.3 Å². The van der Waals surface area contributed by atoms with Gasteiger partial charge < -0.3 is 10.1 Å². The van der Waals surface area contributed by atoms with E-state index in [2.05, 4.69) is 12.2 Å². The molecule has 76 valence electrons. The summed E-state index contributed by atoms with van der Waals surface area (Å²) in [6.07, 6.45) is 5.87. The molecule has 0 amide bonds. The van der Waals surface area contributed by atoms with E-state index in [9.17, 15) is 0 Å². The second-order valence-electron chi connectivity index (χ2n) is 4.69. The standard InChI is InChI=1S/C11H21NO/c1-3-9-8-12-5-4-11(9)6-10(7-11)13-2/h9-10,12H,3-8H2,1-2H3. The van der Waals surface area contributed by atoms with Gasteiger partial charge in [-0.3, -0.25) is 0 Å². The molecule has 2 aliphatic rings. The summed E-state index contributed by atoms with van der Waals surface area (Å²) in [5, 5.41) is 3.50. The Labute approximate surface area is 81.0 Å². The van der Waals surface area contributed by atoms with Gasteiger partial charge in [0.2, 0.25) is 0 Å². The quantitative estimate of drug-likeness (QED) is 0.705. The van der Waals surface area contributed by atoms with E-state index in [-0.39, 0.29) is 0 Å². The van der Waals surface area contributed by atoms with Crippen LogP contribution in [0.5, 0.6) is 0 Å². The zero-order valence-corrected chi connectivity index (χ0v) is 8.81. The minimum Gasteiger partial charge on any atom is -0.381 e. The van der Waals surface area contributed by atoms with Crippen molar-refractivity contribution < 1.29 is 4.74 Å². The molecule has 0 aromatic carbocycles. The highest BCUT2D eigenvalue weighted by atomic mass is 16.5. The van der Waals surface area contributed by atoms with Gasteiger partial charge >= 0.3 is 0 Å². The Morgan fingerprint density at radius 1 is 1.46 bits per heavy atom. The normalized spacial score (nSPS) is 44.8. The molecule has 1 aliphatic carbocycles. The Balaban J connectivity index is 1.96. The first-order chi connectivity index (χ1) is 6.30. The van der Waals surface area contributed by atoms with Crippen molar-refractivity contribution >= 4 is 0 Å². The number of methoxy groups -OCH3 is 1. The summed E-state index contributed by atoms with van der Waals surface area (Å²) in [4.78, 5) is 0. The van der Waals surface area contributed by atoms with E-state index in [1.165, 1.54) is 38.8 Å². The van der Waals surface area contributed by atoms with E-state index in [4.69, 9.17) is 4.74 Å². The van der Waals surface area contributed by atoms with Crippen molar-refractivity contribution in [1.82, 2.24) is 5.32 Å². The third kappa shape index (κ3) is 1.50. The Bertz CT molecular complexity index is 175. The fourth-order valence-electron chi connectivity index (χ4n) is 3.16. The molecule has 2 nitrogen and oxygen atoms in total. The molecule has 2 fully saturated rings. The minimum absolute atomic E-state index is 0.562. The third-order valence-corrected chi connectivity index (χ3v) is 4.15. The zero-order valence-electron chi connectivity index (χ0n) is 8.81. The number of rotatable bonds is 2. The molecule has 13 heavy (non-hydrogen) atoms. The van der Waals surface area contributed by atoms with E-state index in [0.717, 1.165) is 5.92 Å². The SMILES string of the molecule is CCC1CNCCC12CC(OC)C2. The van der Waals surface area contributed by atoms with Gasteiger partial charge in [0, 0.05) is 7.11 Å². The monoisotopic (exact) mass is 183 g/mol. The molecule has 0 aromatic heterocycles. The van der Waals surface area contributed by atoms with E-state index < -0.39 is 0 Å². The largest absolute Gasteiger partial charge is 0.381 e. The molecule has 1 saturated heterocycles. The lowest BCUT2D eigenvalue weighted by Crippen LogP contribution is -2.54. The average Bonchev–Trinajstić information content (AvgIpc) is 2.13. The lowest BCUT2D eigenvalue weighted by Gasteiger charge is -2.54. The summed E-state index contributed by atoms with van der Waals surface area (Å²) in [7, 11) is 1.85. The molecule has 1 N–H and O–H groups in total. The molecule has 2 rings (SSSR count). The van der Waals surface area contributed by atoms with Crippen LogP contribution in [0.25, 0.3) is 0 Å². The van der Waals surface area contributed by atoms with Crippen LogP contribution in [0.2, 0.25) is 0 Å². The second kappa shape index (κ2) is 3.58. The van der Waals surface area contributed by atoms with Crippen molar-refractivity contribution in [2.45, 2.75) is 38.7 Å². The fraction of sp³-hybridized carbons (Fsp3) is 1.00. The Hall–Kier alpha value is -0.0800. The van der Waals surface area contributed by atoms with Crippen molar-refractivity contribution in [3.63, 3.8) is 0 Å². The smallest absolute Gasteiger partial charge is 0.0582 e. The van der Waals surface area contributed by atoms with Gasteiger partial charge in [0.05, 0.1) is 6.10 Å². The van der Waals surface area contributed by atoms with Gasteiger partial charge in [-0.15, -0.1) is 0 Å². The highest BCUT2D eigenvalue weighted by Gasteiger charge is 2.49. The second-order valence-corrected chi connectivity index (χ2v) is 4.69. The molecular formula is C11H21NO. The highest BCUT2D eigenvalue weighted by molar-refractivity contribution is 5.01. The van der Waals surface area contributed by atoms with Crippen LogP contribution in [0, 0.1) is 11.3 Å². The van der Waals surface area contributed by atoms with Crippen molar-refractivity contribution in [1.29, 1.82) is 0 Å². The maximum Gasteiger partial charge on any atom is 0.0582 e. The highest BCUT2D eigenvalue weighted by Crippen LogP contribution is 2.52. The first kappa shape index (κ1) is 9.47. The van der Waals surface area contributed by atoms with Crippen molar-refractivity contribution in [2.75, 3.05) is 20.2 Å². The summed E-state index contributed by atoms with van der Waals surface area (Å²) < 4.78 is 5.39. The maximum atomic E-state index is 5.39. The van der Waals surface area contributed by atoms with Crippen LogP contribution in [-0.2, 0) is 4.74 Å². The van der Waals surface area contributed by atoms with Crippen LogP contribution in [0.4, 0.5) is 0 Å². The molecule has 2 heteroatoms. The van der Waals surface area contributed by atoms with Crippen LogP contribution < -0.4 is 5.32 Å². The van der Waals surface area contributed by atoms with Crippen LogP contribution in [-0.4, -0.2) is 26.3 Å². The Morgan fingerprint density at radius 2 is 2.23 bits per heavy atom. The molecule has 1 atom stereocenters. The van der Waals surface area contributed by atoms with E-state index >= 15 is 0 Å². The summed E-state index contributed by atoms with van der Waals surface area (Å²) >= 11 is 0. The number of nitrogens with one attached hydrogen (secondary N) is 1. The summed E-state index contributed by atoms with van der Waals surface area (Å²) in [5.41, 5.74) is 0.653. The molecule has 1 unspecified atom stereocenters. The van der Waals surface area contributed by atoms with Gasteiger partial charge in [-0.25, -0.2) is 0 Å². The summed E-state index contributed by atoms with van der Waals surface area (Å²) in [6, 6.07) is 0. The molecule has 1 saturated carbocycles. The van der Waals surface area contributed by atoms with Gasteiger partial charge in [-0.1, -0.05) is 13.3 Å². The predicted molar refractivity (Wildman–Crippen MR) is 53.7 cm³/mol. The van der Waals surface area contributed by atoms with Gasteiger partial charge in [0.1, 0.15) is 0 Å². The van der Waals surface area contributed by atoms with Gasteiger partial charge in [0.25, 0.3) is 0 Å². The molecule has 1 spiro atoms. The summed E-state index contributed by atoms with van der Waals surface area (Å²) in [5.74, 6) is 0.896. The van der Waals surface area contributed by atoms with Crippen molar-refractivity contribution in [3.05, 3.63) is 0 Å². The number of ether oxygens (including phenoxy) is 1. The lowest BCUT2D eigenvalue weighted by molar-refractivity contribution is -0.104. The average molecular weight is 183 g/mol. The molecular weight excluding hydrogens is 162 g/mol. The molecule has 0 aromatic rings. The number of hydrogen-bond donors (Lipinski definition) is 1. The van der Waals surface area contributed by atoms with E-state index in [1.807, 2.05) is 7.11 Å². The van der Waals surface area contributed by atoms with Crippen LogP contribution in [0.15, 0.2) is 0 Å². The van der Waals surface area contributed by atoms with Gasteiger partial charge in [-0.2, -0.15) is 0 Å². The lowest BCUT2D eigenvalue weighted by atomic mass is 9.56. The summed E-state index contributed by atoms with van der Waals surface area (Å²) in [6.45, 7) is 4.76. The zero-order chi connectivity index (χ0) is 9.31. The minimum atomic E-state index is 0.562. The van der Waals surface area contributed by atoms with Crippen LogP contribution in [0.3, 0.4) is 0 Å². The fourth-order valence-corrected chi connectivity index (χ4v) is 3.16. The van der Waals surface area contributed by atoms with E-state index in [0.29, 0.717) is 11.5 Å². The first-order valence-corrected chi connectivity index (χ1v) is 5.54. The number of piperidine rings is 1. The van der Waals surface area contributed by atoms with Crippen molar-refractivity contribution in [3.8, 4) is 0 Å². The predicted octanol–water partition coefficient (Wildman–Crippen LogP) is 1.80. The Morgan fingerprint density at radius 3 is 2.85 bits per heavy atom. The molecule has 0 bridgehead atoms. The maximum absolute atomic E-state index is 5.39.